The van der Waals surface area contributed by atoms with Crippen molar-refractivity contribution in [2.24, 2.45) is 0 Å². The summed E-state index contributed by atoms with van der Waals surface area (Å²) in [6, 6.07) is 6.95. The van der Waals surface area contributed by atoms with E-state index in [0.29, 0.717) is 13.0 Å². The summed E-state index contributed by atoms with van der Waals surface area (Å²) in [5, 5.41) is 14.7. The van der Waals surface area contributed by atoms with Gasteiger partial charge in [-0.25, -0.2) is 0 Å². The van der Waals surface area contributed by atoms with Crippen LogP contribution in [-0.4, -0.2) is 29.5 Å². The molecule has 2 amide bonds. The highest BCUT2D eigenvalue weighted by Gasteiger charge is 2.19. The molecule has 1 aliphatic rings. The molecule has 1 fully saturated rings. The largest absolute Gasteiger partial charge is 0.508 e. The van der Waals surface area contributed by atoms with E-state index < -0.39 is 11.8 Å². The minimum absolute atomic E-state index is 0.137. The Morgan fingerprint density at radius 2 is 1.64 bits per heavy atom. The van der Waals surface area contributed by atoms with E-state index in [9.17, 15) is 14.7 Å². The van der Waals surface area contributed by atoms with E-state index in [0.717, 1.165) is 31.2 Å². The minimum Gasteiger partial charge on any atom is -0.508 e. The van der Waals surface area contributed by atoms with Crippen molar-refractivity contribution in [2.75, 3.05) is 6.54 Å². The molecule has 1 aromatic carbocycles. The number of hydrogen-bond donors (Lipinski definition) is 3. The van der Waals surface area contributed by atoms with Crippen molar-refractivity contribution in [1.82, 2.24) is 10.6 Å². The van der Waals surface area contributed by atoms with Crippen LogP contribution in [0.1, 0.15) is 44.1 Å². The first-order chi connectivity index (χ1) is 10.6. The normalized spacial score (nSPS) is 15.8. The number of carbonyl (C=O) groups is 2. The Kier molecular flexibility index (Phi) is 6.25. The number of carbonyl (C=O) groups excluding carboxylic acids is 2. The van der Waals surface area contributed by atoms with Crippen molar-refractivity contribution < 1.29 is 14.7 Å². The molecule has 5 nitrogen and oxygen atoms in total. The molecule has 0 bridgehead atoms. The van der Waals surface area contributed by atoms with Gasteiger partial charge in [-0.05, 0) is 37.0 Å². The molecule has 0 aromatic heterocycles. The fourth-order valence-corrected chi connectivity index (χ4v) is 2.74. The quantitative estimate of drug-likeness (QED) is 0.587. The molecule has 0 radical (unpaired) electrons. The van der Waals surface area contributed by atoms with Gasteiger partial charge in [-0.1, -0.05) is 37.8 Å². The zero-order chi connectivity index (χ0) is 15.8. The summed E-state index contributed by atoms with van der Waals surface area (Å²) in [7, 11) is 0. The number of amides is 2. The number of benzene rings is 1. The van der Waals surface area contributed by atoms with Crippen LogP contribution in [0.5, 0.6) is 5.75 Å². The van der Waals surface area contributed by atoms with Crippen molar-refractivity contribution in [2.45, 2.75) is 51.0 Å². The van der Waals surface area contributed by atoms with E-state index in [2.05, 4.69) is 10.6 Å². The maximum atomic E-state index is 11.9. The lowest BCUT2D eigenvalue weighted by molar-refractivity contribution is -0.139. The highest BCUT2D eigenvalue weighted by molar-refractivity contribution is 6.35. The molecule has 0 unspecified atom stereocenters. The second-order valence-corrected chi connectivity index (χ2v) is 5.83. The summed E-state index contributed by atoms with van der Waals surface area (Å²) in [5.41, 5.74) is 1.00. The molecular weight excluding hydrogens is 280 g/mol. The van der Waals surface area contributed by atoms with Crippen LogP contribution in [0.15, 0.2) is 24.3 Å². The molecule has 120 valence electrons. The average Bonchev–Trinajstić information content (AvgIpc) is 2.77. The Morgan fingerprint density at radius 1 is 1.00 bits per heavy atom. The minimum atomic E-state index is -0.567. The van der Waals surface area contributed by atoms with Gasteiger partial charge in [0.2, 0.25) is 0 Å². The van der Waals surface area contributed by atoms with Crippen LogP contribution in [0.4, 0.5) is 0 Å². The summed E-state index contributed by atoms with van der Waals surface area (Å²) in [6.45, 7) is 0.404. The summed E-state index contributed by atoms with van der Waals surface area (Å²) in [6.07, 6.45) is 7.22. The molecule has 2 rings (SSSR count). The van der Waals surface area contributed by atoms with E-state index in [1.54, 1.807) is 24.3 Å². The SMILES string of the molecule is O=C(NCCc1ccc(O)cc1)C(=O)NC1CCCCCC1. The Morgan fingerprint density at radius 3 is 2.27 bits per heavy atom. The third kappa shape index (κ3) is 5.39. The highest BCUT2D eigenvalue weighted by atomic mass is 16.3. The van der Waals surface area contributed by atoms with Crippen molar-refractivity contribution in [3.8, 4) is 5.75 Å². The van der Waals surface area contributed by atoms with Gasteiger partial charge in [0.05, 0.1) is 0 Å². The topological polar surface area (TPSA) is 78.4 Å². The molecule has 5 heteroatoms. The second kappa shape index (κ2) is 8.41. The van der Waals surface area contributed by atoms with E-state index in [-0.39, 0.29) is 11.8 Å². The van der Waals surface area contributed by atoms with Crippen LogP contribution in [0.3, 0.4) is 0 Å². The summed E-state index contributed by atoms with van der Waals surface area (Å²) in [4.78, 5) is 23.6. The predicted molar refractivity (Wildman–Crippen MR) is 84.5 cm³/mol. The van der Waals surface area contributed by atoms with E-state index in [1.165, 1.54) is 12.8 Å². The number of nitrogens with one attached hydrogen (secondary N) is 2. The first-order valence-corrected chi connectivity index (χ1v) is 8.02. The first kappa shape index (κ1) is 16.3. The van der Waals surface area contributed by atoms with Crippen molar-refractivity contribution in [1.29, 1.82) is 0 Å². The van der Waals surface area contributed by atoms with Crippen LogP contribution < -0.4 is 10.6 Å². The van der Waals surface area contributed by atoms with Crippen molar-refractivity contribution in [3.05, 3.63) is 29.8 Å². The van der Waals surface area contributed by atoms with Gasteiger partial charge in [0, 0.05) is 12.6 Å². The summed E-state index contributed by atoms with van der Waals surface area (Å²) < 4.78 is 0. The van der Waals surface area contributed by atoms with Gasteiger partial charge in [-0.3, -0.25) is 9.59 Å². The first-order valence-electron chi connectivity index (χ1n) is 8.02. The Hall–Kier alpha value is -2.04. The number of phenolic OH excluding ortho intramolecular Hbond substituents is 1. The van der Waals surface area contributed by atoms with E-state index in [4.69, 9.17) is 0 Å². The van der Waals surface area contributed by atoms with Gasteiger partial charge in [0.15, 0.2) is 0 Å². The van der Waals surface area contributed by atoms with E-state index >= 15 is 0 Å². The fraction of sp³-hybridized carbons (Fsp3) is 0.529. The molecule has 0 spiro atoms. The molecule has 0 atom stereocenters. The summed E-state index contributed by atoms with van der Waals surface area (Å²) in [5.74, 6) is -0.879. The van der Waals surface area contributed by atoms with Crippen LogP contribution in [0.2, 0.25) is 0 Å². The maximum absolute atomic E-state index is 11.9. The Labute approximate surface area is 131 Å². The molecular formula is C17H24N2O3. The van der Waals surface area contributed by atoms with Gasteiger partial charge in [0.25, 0.3) is 0 Å². The third-order valence-corrected chi connectivity index (χ3v) is 4.03. The smallest absolute Gasteiger partial charge is 0.309 e. The zero-order valence-electron chi connectivity index (χ0n) is 12.8. The maximum Gasteiger partial charge on any atom is 0.309 e. The average molecular weight is 304 g/mol. The molecule has 3 N–H and O–H groups in total. The van der Waals surface area contributed by atoms with Crippen LogP contribution in [0.25, 0.3) is 0 Å². The fourth-order valence-electron chi connectivity index (χ4n) is 2.74. The Balaban J connectivity index is 1.69. The summed E-state index contributed by atoms with van der Waals surface area (Å²) >= 11 is 0. The number of rotatable bonds is 4. The Bertz CT molecular complexity index is 491. The number of hydrogen-bond acceptors (Lipinski definition) is 3. The zero-order valence-corrected chi connectivity index (χ0v) is 12.8. The van der Waals surface area contributed by atoms with Crippen molar-refractivity contribution in [3.63, 3.8) is 0 Å². The monoisotopic (exact) mass is 304 g/mol. The molecule has 0 saturated heterocycles. The number of aromatic hydroxyl groups is 1. The lowest BCUT2D eigenvalue weighted by atomic mass is 10.1. The van der Waals surface area contributed by atoms with Crippen LogP contribution in [-0.2, 0) is 16.0 Å². The lowest BCUT2D eigenvalue weighted by Crippen LogP contribution is -2.44. The van der Waals surface area contributed by atoms with Gasteiger partial charge in [-0.2, -0.15) is 0 Å². The molecule has 1 saturated carbocycles. The number of phenols is 1. The molecule has 1 aromatic rings. The van der Waals surface area contributed by atoms with Gasteiger partial charge < -0.3 is 15.7 Å². The van der Waals surface area contributed by atoms with Crippen LogP contribution in [0, 0.1) is 0 Å². The van der Waals surface area contributed by atoms with E-state index in [1.807, 2.05) is 0 Å². The highest BCUT2D eigenvalue weighted by Crippen LogP contribution is 2.17. The molecule has 22 heavy (non-hydrogen) atoms. The van der Waals surface area contributed by atoms with Crippen molar-refractivity contribution >= 4 is 11.8 Å². The van der Waals surface area contributed by atoms with Gasteiger partial charge in [-0.15, -0.1) is 0 Å². The second-order valence-electron chi connectivity index (χ2n) is 5.83. The molecule has 1 aliphatic carbocycles. The van der Waals surface area contributed by atoms with Gasteiger partial charge >= 0.3 is 11.8 Å². The predicted octanol–water partition coefficient (Wildman–Crippen LogP) is 1.89. The van der Waals surface area contributed by atoms with Gasteiger partial charge in [0.1, 0.15) is 5.75 Å². The van der Waals surface area contributed by atoms with Crippen LogP contribution >= 0.6 is 0 Å². The standard InChI is InChI=1S/C17H24N2O3/c20-15-9-7-13(8-10-15)11-12-18-16(21)17(22)19-14-5-3-1-2-4-6-14/h7-10,14,20H,1-6,11-12H2,(H,18,21)(H,19,22). The molecule has 0 heterocycles. The molecule has 0 aliphatic heterocycles. The lowest BCUT2D eigenvalue weighted by Gasteiger charge is -2.15. The third-order valence-electron chi connectivity index (χ3n) is 4.03.